The molecular weight excluding hydrogens is 352 g/mol. The van der Waals surface area contributed by atoms with Gasteiger partial charge >= 0.3 is 0 Å². The summed E-state index contributed by atoms with van der Waals surface area (Å²) in [6, 6.07) is 26.4. The first-order valence-electron chi connectivity index (χ1n) is 9.01. The Bertz CT molecular complexity index is 887. The Morgan fingerprint density at radius 3 is 1.93 bits per heavy atom. The quantitative estimate of drug-likeness (QED) is 0.661. The molecule has 0 fully saturated rings. The van der Waals surface area contributed by atoms with Gasteiger partial charge < -0.3 is 15.4 Å². The van der Waals surface area contributed by atoms with Crippen LogP contribution in [-0.2, 0) is 9.53 Å². The molecule has 5 heteroatoms. The highest BCUT2D eigenvalue weighted by molar-refractivity contribution is 6.03. The van der Waals surface area contributed by atoms with Gasteiger partial charge in [0.15, 0.2) is 0 Å². The molecule has 3 aromatic rings. The molecule has 3 rings (SSSR count). The van der Waals surface area contributed by atoms with Crippen LogP contribution in [0.25, 0.3) is 0 Å². The van der Waals surface area contributed by atoms with Crippen LogP contribution in [0.5, 0.6) is 0 Å². The maximum atomic E-state index is 12.5. The van der Waals surface area contributed by atoms with Crippen molar-refractivity contribution in [2.45, 2.75) is 6.10 Å². The maximum Gasteiger partial charge on any atom is 0.253 e. The number of ether oxygens (including phenoxy) is 1. The predicted molar refractivity (Wildman–Crippen MR) is 109 cm³/mol. The standard InChI is InChI=1S/C23H22N2O3/c1-24-23(27)19-14-8-9-15-20(19)25-21(26)16-28-22(17-10-4-2-5-11-17)18-12-6-3-7-13-18/h2-15,22H,16H2,1H3,(H,24,27)(H,25,26). The second-order valence-corrected chi connectivity index (χ2v) is 6.19. The fourth-order valence-corrected chi connectivity index (χ4v) is 2.91. The van der Waals surface area contributed by atoms with Crippen molar-refractivity contribution < 1.29 is 14.3 Å². The number of anilines is 1. The van der Waals surface area contributed by atoms with Gasteiger partial charge in [-0.3, -0.25) is 9.59 Å². The number of para-hydroxylation sites is 1. The highest BCUT2D eigenvalue weighted by atomic mass is 16.5. The molecule has 0 heterocycles. The largest absolute Gasteiger partial charge is 0.359 e. The summed E-state index contributed by atoms with van der Waals surface area (Å²) in [4.78, 5) is 24.4. The molecule has 0 spiro atoms. The first-order chi connectivity index (χ1) is 13.7. The SMILES string of the molecule is CNC(=O)c1ccccc1NC(=O)COC(c1ccccc1)c1ccccc1. The van der Waals surface area contributed by atoms with Crippen LogP contribution in [0.3, 0.4) is 0 Å². The first-order valence-corrected chi connectivity index (χ1v) is 9.01. The summed E-state index contributed by atoms with van der Waals surface area (Å²) in [6.45, 7) is -0.142. The monoisotopic (exact) mass is 374 g/mol. The zero-order valence-electron chi connectivity index (χ0n) is 15.6. The van der Waals surface area contributed by atoms with Crippen molar-refractivity contribution in [1.29, 1.82) is 0 Å². The number of carbonyl (C=O) groups is 2. The van der Waals surface area contributed by atoms with Crippen molar-refractivity contribution in [2.75, 3.05) is 19.0 Å². The average Bonchev–Trinajstić information content (AvgIpc) is 2.75. The maximum absolute atomic E-state index is 12.5. The van der Waals surface area contributed by atoms with Gasteiger partial charge in [-0.25, -0.2) is 0 Å². The third-order valence-electron chi connectivity index (χ3n) is 4.26. The van der Waals surface area contributed by atoms with Crippen LogP contribution in [0.2, 0.25) is 0 Å². The molecule has 0 aliphatic rings. The molecule has 142 valence electrons. The summed E-state index contributed by atoms with van der Waals surface area (Å²) < 4.78 is 5.96. The van der Waals surface area contributed by atoms with E-state index in [1.165, 1.54) is 0 Å². The second kappa shape index (κ2) is 9.48. The van der Waals surface area contributed by atoms with Gasteiger partial charge in [-0.2, -0.15) is 0 Å². The molecule has 0 saturated carbocycles. The lowest BCUT2D eigenvalue weighted by Gasteiger charge is -2.19. The minimum Gasteiger partial charge on any atom is -0.359 e. The second-order valence-electron chi connectivity index (χ2n) is 6.19. The highest BCUT2D eigenvalue weighted by Crippen LogP contribution is 2.25. The van der Waals surface area contributed by atoms with Crippen LogP contribution in [0.1, 0.15) is 27.6 Å². The number of amides is 2. The van der Waals surface area contributed by atoms with Crippen LogP contribution in [0.4, 0.5) is 5.69 Å². The summed E-state index contributed by atoms with van der Waals surface area (Å²) in [5.41, 5.74) is 2.78. The number of benzene rings is 3. The van der Waals surface area contributed by atoms with E-state index < -0.39 is 0 Å². The Morgan fingerprint density at radius 2 is 1.36 bits per heavy atom. The molecule has 0 aliphatic heterocycles. The third-order valence-corrected chi connectivity index (χ3v) is 4.26. The molecule has 2 amide bonds. The van der Waals surface area contributed by atoms with Crippen molar-refractivity contribution in [3.8, 4) is 0 Å². The minimum absolute atomic E-state index is 0.142. The molecule has 0 radical (unpaired) electrons. The van der Waals surface area contributed by atoms with Crippen molar-refractivity contribution in [3.63, 3.8) is 0 Å². The molecule has 0 saturated heterocycles. The molecule has 0 atom stereocenters. The lowest BCUT2D eigenvalue weighted by molar-refractivity contribution is -0.121. The predicted octanol–water partition coefficient (Wildman–Crippen LogP) is 3.79. The zero-order chi connectivity index (χ0) is 19.8. The van der Waals surface area contributed by atoms with Crippen molar-refractivity contribution in [2.24, 2.45) is 0 Å². The Balaban J connectivity index is 1.72. The number of carbonyl (C=O) groups excluding carboxylic acids is 2. The van der Waals surface area contributed by atoms with Gasteiger partial charge in [-0.1, -0.05) is 72.8 Å². The van der Waals surface area contributed by atoms with Crippen molar-refractivity contribution >= 4 is 17.5 Å². The summed E-state index contributed by atoms with van der Waals surface area (Å²) in [6.07, 6.45) is -0.359. The molecule has 0 aliphatic carbocycles. The van der Waals surface area contributed by atoms with Crippen LogP contribution in [-0.4, -0.2) is 25.5 Å². The molecule has 5 nitrogen and oxygen atoms in total. The number of rotatable bonds is 7. The van der Waals surface area contributed by atoms with E-state index in [9.17, 15) is 9.59 Å². The fourth-order valence-electron chi connectivity index (χ4n) is 2.91. The van der Waals surface area contributed by atoms with E-state index >= 15 is 0 Å². The molecular formula is C23H22N2O3. The van der Waals surface area contributed by atoms with Gasteiger partial charge in [0.05, 0.1) is 11.3 Å². The third kappa shape index (κ3) is 4.84. The van der Waals surface area contributed by atoms with Crippen LogP contribution < -0.4 is 10.6 Å². The van der Waals surface area contributed by atoms with Crippen molar-refractivity contribution in [3.05, 3.63) is 102 Å². The highest BCUT2D eigenvalue weighted by Gasteiger charge is 2.17. The van der Waals surface area contributed by atoms with Crippen molar-refractivity contribution in [1.82, 2.24) is 5.32 Å². The summed E-state index contributed by atoms with van der Waals surface area (Å²) >= 11 is 0. The zero-order valence-corrected chi connectivity index (χ0v) is 15.6. The first kappa shape index (κ1) is 19.3. The Labute approximate surface area is 164 Å². The van der Waals surface area contributed by atoms with Gasteiger partial charge in [-0.15, -0.1) is 0 Å². The number of hydrogen-bond donors (Lipinski definition) is 2. The van der Waals surface area contributed by atoms with Gasteiger partial charge in [0.25, 0.3) is 5.91 Å². The van der Waals surface area contributed by atoms with Gasteiger partial charge in [0, 0.05) is 7.05 Å². The van der Waals surface area contributed by atoms with Gasteiger partial charge in [0.1, 0.15) is 12.7 Å². The molecule has 0 unspecified atom stereocenters. The number of nitrogens with one attached hydrogen (secondary N) is 2. The lowest BCUT2D eigenvalue weighted by Crippen LogP contribution is -2.24. The van der Waals surface area contributed by atoms with Crippen LogP contribution in [0.15, 0.2) is 84.9 Å². The van der Waals surface area contributed by atoms with Gasteiger partial charge in [0.2, 0.25) is 5.91 Å². The lowest BCUT2D eigenvalue weighted by atomic mass is 10.0. The summed E-state index contributed by atoms with van der Waals surface area (Å²) in [7, 11) is 1.55. The van der Waals surface area contributed by atoms with E-state index in [0.29, 0.717) is 11.3 Å². The van der Waals surface area contributed by atoms with E-state index in [1.54, 1.807) is 31.3 Å². The molecule has 2 N–H and O–H groups in total. The van der Waals surface area contributed by atoms with E-state index in [-0.39, 0.29) is 24.5 Å². The Morgan fingerprint density at radius 1 is 0.821 bits per heavy atom. The van der Waals surface area contributed by atoms with Crippen LogP contribution in [0, 0.1) is 0 Å². The molecule has 0 aromatic heterocycles. The fraction of sp³-hybridized carbons (Fsp3) is 0.130. The minimum atomic E-state index is -0.359. The summed E-state index contributed by atoms with van der Waals surface area (Å²) in [5.74, 6) is -0.587. The molecule has 3 aromatic carbocycles. The van der Waals surface area contributed by atoms with E-state index in [0.717, 1.165) is 11.1 Å². The Hall–Kier alpha value is -3.44. The molecule has 0 bridgehead atoms. The average molecular weight is 374 g/mol. The molecule has 28 heavy (non-hydrogen) atoms. The summed E-state index contributed by atoms with van der Waals surface area (Å²) in [5, 5.41) is 5.33. The Kier molecular flexibility index (Phi) is 6.54. The normalized spacial score (nSPS) is 10.5. The van der Waals surface area contributed by atoms with E-state index in [1.807, 2.05) is 60.7 Å². The topological polar surface area (TPSA) is 67.4 Å². The number of hydrogen-bond acceptors (Lipinski definition) is 3. The smallest absolute Gasteiger partial charge is 0.253 e. The van der Waals surface area contributed by atoms with E-state index in [2.05, 4.69) is 10.6 Å². The van der Waals surface area contributed by atoms with Gasteiger partial charge in [-0.05, 0) is 23.3 Å². The van der Waals surface area contributed by atoms with E-state index in [4.69, 9.17) is 4.74 Å². The van der Waals surface area contributed by atoms with Crippen LogP contribution >= 0.6 is 0 Å².